The Morgan fingerprint density at radius 3 is 2.67 bits per heavy atom. The monoisotopic (exact) mass is 251 g/mol. The van der Waals surface area contributed by atoms with Gasteiger partial charge in [0.2, 0.25) is 0 Å². The molecule has 1 atom stereocenters. The number of rotatable bonds is 4. The third-order valence-corrected chi connectivity index (χ3v) is 3.76. The second-order valence-electron chi connectivity index (χ2n) is 5.30. The number of amides is 1. The van der Waals surface area contributed by atoms with E-state index in [1.807, 2.05) is 14.0 Å². The number of hydrogen-bond acceptors (Lipinski definition) is 4. The maximum atomic E-state index is 12.2. The fourth-order valence-corrected chi connectivity index (χ4v) is 1.83. The summed E-state index contributed by atoms with van der Waals surface area (Å²) in [5.41, 5.74) is 0.428. The van der Waals surface area contributed by atoms with Crippen LogP contribution in [0, 0.1) is 5.92 Å². The normalized spacial score (nSPS) is 17.6. The lowest BCUT2D eigenvalue weighted by Crippen LogP contribution is -2.43. The highest BCUT2D eigenvalue weighted by atomic mass is 16.2. The van der Waals surface area contributed by atoms with Crippen LogP contribution in [-0.2, 0) is 0 Å². The van der Waals surface area contributed by atoms with Gasteiger partial charge in [0.15, 0.2) is 5.69 Å². The molecule has 1 N–H and O–H groups in total. The maximum absolute atomic E-state index is 12.2. The molecule has 1 amide bonds. The lowest BCUT2D eigenvalue weighted by atomic mass is 10.1. The Kier molecular flexibility index (Phi) is 3.65. The van der Waals surface area contributed by atoms with Gasteiger partial charge < -0.3 is 10.2 Å². The summed E-state index contributed by atoms with van der Waals surface area (Å²) in [7, 11) is 1.82. The predicted molar refractivity (Wildman–Crippen MR) is 68.3 cm³/mol. The van der Waals surface area contributed by atoms with Gasteiger partial charge in [0.05, 0.1) is 12.2 Å². The van der Waals surface area contributed by atoms with Gasteiger partial charge in [0, 0.05) is 26.2 Å². The van der Waals surface area contributed by atoms with Crippen LogP contribution >= 0.6 is 0 Å². The standard InChI is InChI=1S/C12H21N5O/c1-8(2)9(3)16(4)12(18)11-7-17(15-14-11)10-5-13-6-10/h7-10,13H,5-6H2,1-4H3. The van der Waals surface area contributed by atoms with Crippen LogP contribution in [0.15, 0.2) is 6.20 Å². The zero-order chi connectivity index (χ0) is 13.3. The van der Waals surface area contributed by atoms with E-state index < -0.39 is 0 Å². The van der Waals surface area contributed by atoms with Crippen LogP contribution in [0.4, 0.5) is 0 Å². The highest BCUT2D eigenvalue weighted by Crippen LogP contribution is 2.13. The molecule has 1 aromatic heterocycles. The van der Waals surface area contributed by atoms with Crippen LogP contribution in [-0.4, -0.2) is 52.0 Å². The van der Waals surface area contributed by atoms with Crippen molar-refractivity contribution in [2.24, 2.45) is 5.92 Å². The van der Waals surface area contributed by atoms with Gasteiger partial charge in [0.1, 0.15) is 0 Å². The van der Waals surface area contributed by atoms with E-state index in [2.05, 4.69) is 29.5 Å². The largest absolute Gasteiger partial charge is 0.337 e. The minimum Gasteiger partial charge on any atom is -0.337 e. The zero-order valence-corrected chi connectivity index (χ0v) is 11.4. The first-order chi connectivity index (χ1) is 8.50. The molecule has 1 unspecified atom stereocenters. The fraction of sp³-hybridized carbons (Fsp3) is 0.750. The van der Waals surface area contributed by atoms with Gasteiger partial charge >= 0.3 is 0 Å². The van der Waals surface area contributed by atoms with Crippen LogP contribution in [0.1, 0.15) is 37.3 Å². The molecule has 0 radical (unpaired) electrons. The van der Waals surface area contributed by atoms with Gasteiger partial charge in [-0.25, -0.2) is 4.68 Å². The average molecular weight is 251 g/mol. The molecule has 1 aliphatic heterocycles. The van der Waals surface area contributed by atoms with Crippen LogP contribution < -0.4 is 5.32 Å². The summed E-state index contributed by atoms with van der Waals surface area (Å²) in [4.78, 5) is 14.0. The molecule has 0 saturated carbocycles. The Morgan fingerprint density at radius 1 is 1.50 bits per heavy atom. The van der Waals surface area contributed by atoms with Crippen LogP contribution in [0.3, 0.4) is 0 Å². The maximum Gasteiger partial charge on any atom is 0.276 e. The molecule has 0 bridgehead atoms. The lowest BCUT2D eigenvalue weighted by Gasteiger charge is -2.27. The predicted octanol–water partition coefficient (Wildman–Crippen LogP) is 0.539. The first-order valence-corrected chi connectivity index (χ1v) is 6.40. The van der Waals surface area contributed by atoms with Crippen LogP contribution in [0.25, 0.3) is 0 Å². The van der Waals surface area contributed by atoms with E-state index in [1.165, 1.54) is 0 Å². The topological polar surface area (TPSA) is 63.1 Å². The molecule has 1 saturated heterocycles. The molecule has 18 heavy (non-hydrogen) atoms. The molecule has 100 valence electrons. The van der Waals surface area contributed by atoms with Crippen molar-refractivity contribution >= 4 is 5.91 Å². The molecule has 6 nitrogen and oxygen atoms in total. The average Bonchev–Trinajstić information content (AvgIpc) is 2.72. The first kappa shape index (κ1) is 13.0. The molecule has 1 fully saturated rings. The van der Waals surface area contributed by atoms with E-state index in [0.717, 1.165) is 13.1 Å². The van der Waals surface area contributed by atoms with Crippen LogP contribution in [0.5, 0.6) is 0 Å². The Morgan fingerprint density at radius 2 is 2.17 bits per heavy atom. The summed E-state index contributed by atoms with van der Waals surface area (Å²) in [6.07, 6.45) is 1.75. The second-order valence-corrected chi connectivity index (χ2v) is 5.30. The van der Waals surface area contributed by atoms with Crippen LogP contribution in [0.2, 0.25) is 0 Å². The van der Waals surface area contributed by atoms with Crippen molar-refractivity contribution in [1.82, 2.24) is 25.2 Å². The van der Waals surface area contributed by atoms with Gasteiger partial charge in [-0.1, -0.05) is 19.1 Å². The number of carbonyl (C=O) groups is 1. The SMILES string of the molecule is CC(C)C(C)N(C)C(=O)c1cn(C2CNC2)nn1. The molecule has 1 aromatic rings. The van der Waals surface area contributed by atoms with Crippen molar-refractivity contribution in [3.05, 3.63) is 11.9 Å². The Hall–Kier alpha value is -1.43. The smallest absolute Gasteiger partial charge is 0.276 e. The lowest BCUT2D eigenvalue weighted by molar-refractivity contribution is 0.0701. The summed E-state index contributed by atoms with van der Waals surface area (Å²) in [6.45, 7) is 8.05. The molecule has 1 aliphatic rings. The third-order valence-electron chi connectivity index (χ3n) is 3.76. The zero-order valence-electron chi connectivity index (χ0n) is 11.4. The van der Waals surface area contributed by atoms with Gasteiger partial charge in [-0.15, -0.1) is 5.10 Å². The van der Waals surface area contributed by atoms with E-state index in [9.17, 15) is 4.79 Å². The molecule has 2 rings (SSSR count). The van der Waals surface area contributed by atoms with Gasteiger partial charge in [-0.3, -0.25) is 4.79 Å². The van der Waals surface area contributed by atoms with Crippen molar-refractivity contribution < 1.29 is 4.79 Å². The summed E-state index contributed by atoms with van der Waals surface area (Å²) < 4.78 is 1.78. The van der Waals surface area contributed by atoms with E-state index in [1.54, 1.807) is 15.8 Å². The fourth-order valence-electron chi connectivity index (χ4n) is 1.83. The summed E-state index contributed by atoms with van der Waals surface area (Å²) in [5.74, 6) is 0.361. The molecular formula is C12H21N5O. The molecule has 6 heteroatoms. The van der Waals surface area contributed by atoms with Crippen molar-refractivity contribution in [2.75, 3.05) is 20.1 Å². The summed E-state index contributed by atoms with van der Waals surface area (Å²) in [6, 6.07) is 0.528. The number of carbonyl (C=O) groups excluding carboxylic acids is 1. The van der Waals surface area contributed by atoms with Gasteiger partial charge in [0.25, 0.3) is 5.91 Å². The van der Waals surface area contributed by atoms with E-state index >= 15 is 0 Å². The number of hydrogen-bond donors (Lipinski definition) is 1. The molecule has 0 aromatic carbocycles. The Balaban J connectivity index is 2.06. The third kappa shape index (κ3) is 2.38. The van der Waals surface area contributed by atoms with Crippen molar-refractivity contribution in [2.45, 2.75) is 32.9 Å². The molecular weight excluding hydrogens is 230 g/mol. The van der Waals surface area contributed by atoms with Gasteiger partial charge in [-0.05, 0) is 12.8 Å². The second kappa shape index (κ2) is 5.06. The Bertz CT molecular complexity index is 424. The van der Waals surface area contributed by atoms with E-state index in [4.69, 9.17) is 0 Å². The van der Waals surface area contributed by atoms with Crippen molar-refractivity contribution in [1.29, 1.82) is 0 Å². The van der Waals surface area contributed by atoms with Crippen molar-refractivity contribution in [3.63, 3.8) is 0 Å². The number of aromatic nitrogens is 3. The van der Waals surface area contributed by atoms with E-state index in [0.29, 0.717) is 17.7 Å². The Labute approximate surface area is 107 Å². The number of nitrogens with zero attached hydrogens (tertiary/aromatic N) is 4. The minimum absolute atomic E-state index is 0.0604. The van der Waals surface area contributed by atoms with E-state index in [-0.39, 0.29) is 11.9 Å². The number of nitrogens with one attached hydrogen (secondary N) is 1. The van der Waals surface area contributed by atoms with Gasteiger partial charge in [-0.2, -0.15) is 0 Å². The first-order valence-electron chi connectivity index (χ1n) is 6.40. The summed E-state index contributed by atoms with van der Waals surface area (Å²) in [5, 5.41) is 11.2. The molecule has 0 spiro atoms. The minimum atomic E-state index is -0.0604. The van der Waals surface area contributed by atoms with Crippen molar-refractivity contribution in [3.8, 4) is 0 Å². The quantitative estimate of drug-likeness (QED) is 0.848. The molecule has 2 heterocycles. The highest BCUT2D eigenvalue weighted by Gasteiger charge is 2.25. The molecule has 0 aliphatic carbocycles. The summed E-state index contributed by atoms with van der Waals surface area (Å²) >= 11 is 0. The highest BCUT2D eigenvalue weighted by molar-refractivity contribution is 5.91.